The van der Waals surface area contributed by atoms with Crippen LogP contribution in [0.4, 0.5) is 14.6 Å². The second-order valence-electron chi connectivity index (χ2n) is 12.7. The molecule has 3 fully saturated rings. The number of alkyl halides is 1. The van der Waals surface area contributed by atoms with Crippen molar-refractivity contribution >= 4 is 39.1 Å². The van der Waals surface area contributed by atoms with Crippen LogP contribution in [-0.2, 0) is 0 Å². The fourth-order valence-electron chi connectivity index (χ4n) is 7.96. The molecule has 0 unspecified atom stereocenters. The summed E-state index contributed by atoms with van der Waals surface area (Å²) in [6.45, 7) is 4.71. The van der Waals surface area contributed by atoms with Crippen LogP contribution < -0.4 is 20.1 Å². The number of rotatable bonds is 5. The molecule has 5 atom stereocenters. The SMILES string of the molecule is CC[C@@H]1N[C@H]2CNc3nc(OC[C@@]45CCCN4C[C@H](F)C5)nc4c(F)c(-c5cccc6cccc(Cl)c56)nc(c34)OC[C@H]1C2. The average molecular weight is 621 g/mol. The van der Waals surface area contributed by atoms with E-state index in [0.717, 1.165) is 37.6 Å². The van der Waals surface area contributed by atoms with E-state index in [1.54, 1.807) is 6.07 Å². The van der Waals surface area contributed by atoms with Gasteiger partial charge in [0, 0.05) is 53.5 Å². The van der Waals surface area contributed by atoms with Crippen molar-refractivity contribution in [2.75, 3.05) is 38.2 Å². The van der Waals surface area contributed by atoms with Gasteiger partial charge in [0.05, 0.1) is 12.1 Å². The lowest BCUT2D eigenvalue weighted by molar-refractivity contribution is 0.107. The predicted molar refractivity (Wildman–Crippen MR) is 167 cm³/mol. The lowest BCUT2D eigenvalue weighted by Gasteiger charge is -2.30. The van der Waals surface area contributed by atoms with Crippen molar-refractivity contribution in [2.45, 2.75) is 62.8 Å². The molecule has 3 saturated heterocycles. The van der Waals surface area contributed by atoms with Gasteiger partial charge in [-0.1, -0.05) is 48.9 Å². The number of nitrogens with zero attached hydrogens (tertiary/aromatic N) is 4. The van der Waals surface area contributed by atoms with Gasteiger partial charge in [0.1, 0.15) is 35.2 Å². The van der Waals surface area contributed by atoms with Crippen LogP contribution in [-0.4, -0.2) is 76.5 Å². The highest BCUT2D eigenvalue weighted by molar-refractivity contribution is 6.36. The maximum atomic E-state index is 16.8. The van der Waals surface area contributed by atoms with E-state index in [9.17, 15) is 4.39 Å². The predicted octanol–water partition coefficient (Wildman–Crippen LogP) is 6.15. The molecule has 4 aromatic rings. The maximum absolute atomic E-state index is 16.8. The van der Waals surface area contributed by atoms with Gasteiger partial charge in [-0.15, -0.1) is 0 Å². The van der Waals surface area contributed by atoms with Gasteiger partial charge in [0.15, 0.2) is 5.82 Å². The molecule has 0 saturated carbocycles. The molecular weight excluding hydrogens is 586 g/mol. The molecule has 2 aromatic carbocycles. The number of hydrogen-bond donors (Lipinski definition) is 2. The standard InChI is InChI=1S/C33H35ClF2N6O2/c1-2-24-19-12-21(38-24)14-37-30-26-29(40-32(41-30)44-17-33-10-5-11-42(33)15-20(35)13-33)27(36)28(39-31(26)43-16-19)22-8-3-6-18-7-4-9-23(34)25(18)22/h3-4,6-9,19-21,24,38H,2,5,10-17H2,1H3,(H,37,40,41)/t19-,20-,21-,24+,33+/m1/s1. The first kappa shape index (κ1) is 28.2. The van der Waals surface area contributed by atoms with Crippen molar-refractivity contribution in [3.8, 4) is 23.1 Å². The first-order valence-electron chi connectivity index (χ1n) is 15.7. The molecule has 11 heteroatoms. The van der Waals surface area contributed by atoms with Gasteiger partial charge in [0.2, 0.25) is 5.88 Å². The van der Waals surface area contributed by atoms with Crippen LogP contribution in [0.3, 0.4) is 0 Å². The van der Waals surface area contributed by atoms with Crippen LogP contribution in [0, 0.1) is 11.7 Å². The average Bonchev–Trinajstić information content (AvgIpc) is 3.69. The number of fused-ring (bicyclic) bond motifs is 4. The van der Waals surface area contributed by atoms with Crippen molar-refractivity contribution in [1.82, 2.24) is 25.2 Å². The number of halogens is 3. The Bertz CT molecular complexity index is 1750. The van der Waals surface area contributed by atoms with E-state index < -0.39 is 12.0 Å². The minimum absolute atomic E-state index is 0.0437. The number of aromatic nitrogens is 3. The molecule has 0 aliphatic carbocycles. The number of nitrogens with one attached hydrogen (secondary N) is 2. The lowest BCUT2D eigenvalue weighted by atomic mass is 9.95. The third-order valence-electron chi connectivity index (χ3n) is 10.1. The quantitative estimate of drug-likeness (QED) is 0.275. The Morgan fingerprint density at radius 1 is 1.16 bits per heavy atom. The minimum atomic E-state index is -0.882. The summed E-state index contributed by atoms with van der Waals surface area (Å²) in [5.74, 6) is 0.356. The molecule has 8 nitrogen and oxygen atoms in total. The van der Waals surface area contributed by atoms with Crippen LogP contribution in [0.5, 0.6) is 11.9 Å². The Kier molecular flexibility index (Phi) is 6.99. The molecule has 230 valence electrons. The number of benzene rings is 2. The van der Waals surface area contributed by atoms with Crippen molar-refractivity contribution in [2.24, 2.45) is 5.92 Å². The Morgan fingerprint density at radius 3 is 2.89 bits per heavy atom. The van der Waals surface area contributed by atoms with Crippen molar-refractivity contribution in [3.05, 3.63) is 47.2 Å². The second-order valence-corrected chi connectivity index (χ2v) is 13.1. The van der Waals surface area contributed by atoms with E-state index in [1.807, 2.05) is 30.3 Å². The zero-order valence-electron chi connectivity index (χ0n) is 24.6. The summed E-state index contributed by atoms with van der Waals surface area (Å²) in [5, 5.41) is 9.61. The fraction of sp³-hybridized carbons (Fsp3) is 0.485. The van der Waals surface area contributed by atoms with Gasteiger partial charge in [-0.25, -0.2) is 13.8 Å². The zero-order valence-corrected chi connectivity index (χ0v) is 25.3. The first-order chi connectivity index (χ1) is 21.4. The summed E-state index contributed by atoms with van der Waals surface area (Å²) in [5.41, 5.74) is 0.324. The van der Waals surface area contributed by atoms with E-state index in [4.69, 9.17) is 31.0 Å². The Hall–Kier alpha value is -3.34. The number of pyridine rings is 1. The summed E-state index contributed by atoms with van der Waals surface area (Å²) in [6, 6.07) is 11.8. The maximum Gasteiger partial charge on any atom is 0.319 e. The molecule has 2 aromatic heterocycles. The first-order valence-corrected chi connectivity index (χ1v) is 16.0. The molecule has 0 amide bonds. The summed E-state index contributed by atoms with van der Waals surface area (Å²) in [7, 11) is 0. The van der Waals surface area contributed by atoms with Crippen LogP contribution in [0.25, 0.3) is 32.9 Å². The van der Waals surface area contributed by atoms with Gasteiger partial charge in [-0.3, -0.25) is 4.90 Å². The zero-order chi connectivity index (χ0) is 30.0. The monoisotopic (exact) mass is 620 g/mol. The Labute approximate surface area is 259 Å². The van der Waals surface area contributed by atoms with Crippen molar-refractivity contribution in [3.63, 3.8) is 0 Å². The normalized spacial score (nSPS) is 28.2. The van der Waals surface area contributed by atoms with E-state index in [0.29, 0.717) is 59.3 Å². The molecule has 4 aliphatic heterocycles. The smallest absolute Gasteiger partial charge is 0.319 e. The highest BCUT2D eigenvalue weighted by Gasteiger charge is 2.49. The van der Waals surface area contributed by atoms with Crippen molar-refractivity contribution in [1.29, 1.82) is 0 Å². The number of ether oxygens (including phenoxy) is 2. The topological polar surface area (TPSA) is 84.4 Å². The van der Waals surface area contributed by atoms with Crippen LogP contribution in [0.15, 0.2) is 36.4 Å². The molecule has 44 heavy (non-hydrogen) atoms. The summed E-state index contributed by atoms with van der Waals surface area (Å²) < 4.78 is 43.9. The second kappa shape index (κ2) is 10.9. The fourth-order valence-corrected chi connectivity index (χ4v) is 8.24. The molecule has 4 aliphatic rings. The Morgan fingerprint density at radius 2 is 2.02 bits per heavy atom. The highest BCUT2D eigenvalue weighted by atomic mass is 35.5. The van der Waals surface area contributed by atoms with Gasteiger partial charge < -0.3 is 20.1 Å². The van der Waals surface area contributed by atoms with Crippen LogP contribution in [0.1, 0.15) is 39.0 Å². The third kappa shape index (κ3) is 4.64. The largest absolute Gasteiger partial charge is 0.477 e. The van der Waals surface area contributed by atoms with Crippen molar-refractivity contribution < 1.29 is 18.3 Å². The molecular formula is C33H35ClF2N6O2. The third-order valence-corrected chi connectivity index (χ3v) is 10.4. The summed E-state index contributed by atoms with van der Waals surface area (Å²) in [4.78, 5) is 16.4. The van der Waals surface area contributed by atoms with Gasteiger partial charge in [-0.05, 0) is 43.7 Å². The summed E-state index contributed by atoms with van der Waals surface area (Å²) >= 11 is 6.66. The van der Waals surface area contributed by atoms with Gasteiger partial charge in [-0.2, -0.15) is 9.97 Å². The minimum Gasteiger partial charge on any atom is -0.477 e. The molecule has 2 bridgehead atoms. The lowest BCUT2D eigenvalue weighted by Crippen LogP contribution is -2.43. The van der Waals surface area contributed by atoms with E-state index in [2.05, 4.69) is 27.4 Å². The molecule has 6 heterocycles. The van der Waals surface area contributed by atoms with E-state index >= 15 is 4.39 Å². The van der Waals surface area contributed by atoms with E-state index in [1.165, 1.54) is 0 Å². The molecule has 8 rings (SSSR count). The molecule has 0 radical (unpaired) electrons. The van der Waals surface area contributed by atoms with Crippen LogP contribution in [0.2, 0.25) is 5.02 Å². The van der Waals surface area contributed by atoms with Gasteiger partial charge >= 0.3 is 6.01 Å². The number of hydrogen-bond acceptors (Lipinski definition) is 8. The van der Waals surface area contributed by atoms with E-state index in [-0.39, 0.29) is 47.2 Å². The molecule has 2 N–H and O–H groups in total. The summed E-state index contributed by atoms with van der Waals surface area (Å²) in [6.07, 6.45) is 3.29. The van der Waals surface area contributed by atoms with Crippen LogP contribution >= 0.6 is 11.6 Å². The highest BCUT2D eigenvalue weighted by Crippen LogP contribution is 2.43. The Balaban J connectivity index is 1.28. The van der Waals surface area contributed by atoms with Gasteiger partial charge in [0.25, 0.3) is 0 Å². The molecule has 0 spiro atoms. The number of anilines is 1.